The van der Waals surface area contributed by atoms with Crippen molar-refractivity contribution >= 4 is 11.9 Å². The van der Waals surface area contributed by atoms with Gasteiger partial charge in [0.05, 0.1) is 25.4 Å². The van der Waals surface area contributed by atoms with Crippen molar-refractivity contribution < 1.29 is 49.3 Å². The Morgan fingerprint density at radius 3 is 1.31 bits per heavy atom. The van der Waals surface area contributed by atoms with Crippen LogP contribution in [-0.2, 0) is 23.8 Å². The van der Waals surface area contributed by atoms with Crippen LogP contribution in [0.5, 0.6) is 0 Å². The molecule has 0 saturated carbocycles. The lowest BCUT2D eigenvalue weighted by Crippen LogP contribution is -2.61. The molecule has 0 radical (unpaired) electrons. The third-order valence-electron chi connectivity index (χ3n) is 15.5. The van der Waals surface area contributed by atoms with Crippen molar-refractivity contribution in [3.63, 3.8) is 0 Å². The number of aliphatic hydroxyl groups excluding tert-OH is 5. The normalized spacial score (nSPS) is 19.2. The Bertz CT molecular complexity index is 1720. The van der Waals surface area contributed by atoms with Gasteiger partial charge >= 0.3 is 5.97 Å². The van der Waals surface area contributed by atoms with Gasteiger partial charge in [-0.1, -0.05) is 272 Å². The van der Waals surface area contributed by atoms with E-state index in [2.05, 4.69) is 111 Å². The van der Waals surface area contributed by atoms with Gasteiger partial charge in [-0.2, -0.15) is 0 Å². The number of nitrogens with one attached hydrogen (secondary N) is 1. The number of amides is 1. The molecule has 1 saturated heterocycles. The summed E-state index contributed by atoms with van der Waals surface area (Å²) >= 11 is 0. The molecule has 1 fully saturated rings. The lowest BCUT2D eigenvalue weighted by Gasteiger charge is -2.41. The molecule has 8 unspecified atom stereocenters. The molecule has 0 aromatic carbocycles. The maximum Gasteiger partial charge on any atom is 0.306 e. The smallest absolute Gasteiger partial charge is 0.306 e. The van der Waals surface area contributed by atoms with E-state index < -0.39 is 67.4 Å². The van der Waals surface area contributed by atoms with Crippen LogP contribution in [0.25, 0.3) is 0 Å². The Balaban J connectivity index is 2.63. The Labute approximate surface area is 507 Å². The number of hydrogen-bond acceptors (Lipinski definition) is 10. The molecule has 478 valence electrons. The van der Waals surface area contributed by atoms with Crippen LogP contribution < -0.4 is 5.32 Å². The fraction of sp³-hybridized carbons (Fsp3) is 0.750. The predicted molar refractivity (Wildman–Crippen MR) is 347 cm³/mol. The highest BCUT2D eigenvalue weighted by Gasteiger charge is 2.47. The van der Waals surface area contributed by atoms with Crippen LogP contribution in [0.4, 0.5) is 0 Å². The lowest BCUT2D eigenvalue weighted by atomic mass is 9.99. The van der Waals surface area contributed by atoms with Crippen molar-refractivity contribution in [3.8, 4) is 0 Å². The molecule has 8 atom stereocenters. The molecule has 0 spiro atoms. The molecule has 0 aromatic heterocycles. The van der Waals surface area contributed by atoms with Crippen molar-refractivity contribution in [2.45, 2.75) is 333 Å². The van der Waals surface area contributed by atoms with Crippen molar-refractivity contribution in [2.24, 2.45) is 0 Å². The van der Waals surface area contributed by atoms with Gasteiger partial charge in [-0.15, -0.1) is 0 Å². The van der Waals surface area contributed by atoms with Gasteiger partial charge in [0.2, 0.25) is 5.91 Å². The zero-order chi connectivity index (χ0) is 60.3. The Morgan fingerprint density at radius 2 is 0.867 bits per heavy atom. The molecule has 11 heteroatoms. The van der Waals surface area contributed by atoms with Gasteiger partial charge in [-0.25, -0.2) is 0 Å². The molecule has 11 nitrogen and oxygen atoms in total. The maximum absolute atomic E-state index is 13.5. The highest BCUT2D eigenvalue weighted by atomic mass is 16.7. The second-order valence-corrected chi connectivity index (χ2v) is 23.2. The molecule has 0 aliphatic carbocycles. The largest absolute Gasteiger partial charge is 0.454 e. The molecule has 1 aliphatic rings. The van der Waals surface area contributed by atoms with E-state index >= 15 is 0 Å². The number of aliphatic hydroxyl groups is 5. The monoisotopic (exact) mass is 1160 g/mol. The van der Waals surface area contributed by atoms with Crippen LogP contribution in [0.15, 0.2) is 97.2 Å². The van der Waals surface area contributed by atoms with E-state index in [0.717, 1.165) is 128 Å². The van der Waals surface area contributed by atoms with Crippen LogP contribution in [0.1, 0.15) is 284 Å². The summed E-state index contributed by atoms with van der Waals surface area (Å²) in [6.07, 6.45) is 68.6. The zero-order valence-corrected chi connectivity index (χ0v) is 53.0. The third-order valence-corrected chi connectivity index (χ3v) is 15.5. The summed E-state index contributed by atoms with van der Waals surface area (Å²) in [5, 5.41) is 57.2. The van der Waals surface area contributed by atoms with Gasteiger partial charge in [0, 0.05) is 6.42 Å². The second-order valence-electron chi connectivity index (χ2n) is 23.2. The summed E-state index contributed by atoms with van der Waals surface area (Å²) in [6, 6.07) is -1.03. The number of unbranched alkanes of at least 4 members (excludes halogenated alkanes) is 29. The molecule has 1 heterocycles. The van der Waals surface area contributed by atoms with Crippen molar-refractivity contribution in [2.75, 3.05) is 13.2 Å². The minimum Gasteiger partial charge on any atom is -0.454 e. The van der Waals surface area contributed by atoms with E-state index in [1.54, 1.807) is 6.08 Å². The van der Waals surface area contributed by atoms with Gasteiger partial charge in [-0.05, 0) is 103 Å². The van der Waals surface area contributed by atoms with Crippen LogP contribution in [0.3, 0.4) is 0 Å². The summed E-state index contributed by atoms with van der Waals surface area (Å²) in [4.78, 5) is 26.6. The van der Waals surface area contributed by atoms with Gasteiger partial charge in [0.25, 0.3) is 0 Å². The van der Waals surface area contributed by atoms with Crippen molar-refractivity contribution in [1.82, 2.24) is 5.32 Å². The van der Waals surface area contributed by atoms with Gasteiger partial charge in [0.15, 0.2) is 12.4 Å². The minimum atomic E-state index is -1.63. The minimum absolute atomic E-state index is 0.101. The summed E-state index contributed by atoms with van der Waals surface area (Å²) in [5.74, 6) is -1.21. The Kier molecular flexibility index (Phi) is 55.1. The average molecular weight is 1160 g/mol. The third kappa shape index (κ3) is 46.5. The fourth-order valence-electron chi connectivity index (χ4n) is 10.1. The van der Waals surface area contributed by atoms with E-state index in [9.17, 15) is 35.1 Å². The summed E-state index contributed by atoms with van der Waals surface area (Å²) in [7, 11) is 0. The standard InChI is InChI=1S/C72H125NO10/c1-4-7-10-13-16-19-22-25-27-29-30-31-32-33-34-35-36-37-39-42-45-48-51-54-57-60-67(77)83-70-69(79)68(78)66(61-74)82-72(70)81-62-63(64(75)58-55-52-49-46-43-40-24-21-18-15-12-9-6-3)73-71(80)65(76)59-56-53-50-47-44-41-38-28-26-23-20-17-14-11-8-5-2/h7,10,16,19,25-28,30-31,33-34,36-37,55,58,63-66,68-70,72,74-76,78-79H,4-6,8-9,11-15,17-18,20-24,29,32,35,38-54,56-57,59-62H2,1-3H3,(H,73,80)/b10-7-,19-16-,27-25-,28-26+,31-30-,34-33-,37-36-,58-55+. The molecular formula is C72H125NO10. The van der Waals surface area contributed by atoms with E-state index in [1.165, 1.54) is 109 Å². The Hall–Kier alpha value is -3.42. The first kappa shape index (κ1) is 77.6. The first-order valence-electron chi connectivity index (χ1n) is 34.0. The molecule has 0 bridgehead atoms. The molecule has 1 amide bonds. The average Bonchev–Trinajstić information content (AvgIpc) is 3.58. The second kappa shape index (κ2) is 58.9. The number of esters is 1. The zero-order valence-electron chi connectivity index (χ0n) is 53.0. The van der Waals surface area contributed by atoms with Crippen molar-refractivity contribution in [1.29, 1.82) is 0 Å². The molecular weight excluding hydrogens is 1040 g/mol. The van der Waals surface area contributed by atoms with Gasteiger partial charge in [-0.3, -0.25) is 9.59 Å². The molecule has 1 rings (SSSR count). The van der Waals surface area contributed by atoms with Gasteiger partial charge in [0.1, 0.15) is 24.4 Å². The van der Waals surface area contributed by atoms with Crippen LogP contribution >= 0.6 is 0 Å². The molecule has 1 aliphatic heterocycles. The number of hydrogen-bond donors (Lipinski definition) is 6. The van der Waals surface area contributed by atoms with E-state index in [4.69, 9.17) is 14.2 Å². The van der Waals surface area contributed by atoms with Crippen LogP contribution in [0, 0.1) is 0 Å². The highest BCUT2D eigenvalue weighted by Crippen LogP contribution is 2.26. The SMILES string of the molecule is CC/C=C\C/C=C\C/C=C\C/C=C\C/C=C\C/C=C\CCCCCCCCC(=O)OC1C(OCC(NC(=O)C(O)CCCCCCCC/C=C/CCCCCCCC)C(O)/C=C/CCCCCCCCCCCCC)OC(CO)C(O)C1O. The number of rotatable bonds is 57. The molecule has 83 heavy (non-hydrogen) atoms. The summed E-state index contributed by atoms with van der Waals surface area (Å²) < 4.78 is 17.7. The van der Waals surface area contributed by atoms with E-state index in [-0.39, 0.29) is 19.4 Å². The quantitative estimate of drug-likeness (QED) is 0.0195. The number of carbonyl (C=O) groups is 2. The lowest BCUT2D eigenvalue weighted by molar-refractivity contribution is -0.305. The maximum atomic E-state index is 13.5. The van der Waals surface area contributed by atoms with Crippen LogP contribution in [-0.4, -0.2) is 99.6 Å². The first-order valence-corrected chi connectivity index (χ1v) is 34.0. The Morgan fingerprint density at radius 1 is 0.482 bits per heavy atom. The van der Waals surface area contributed by atoms with E-state index in [1.807, 2.05) is 6.08 Å². The number of ether oxygens (including phenoxy) is 3. The highest BCUT2D eigenvalue weighted by molar-refractivity contribution is 5.80. The predicted octanol–water partition coefficient (Wildman–Crippen LogP) is 17.1. The molecule has 0 aromatic rings. The summed E-state index contributed by atoms with van der Waals surface area (Å²) in [6.45, 7) is 5.68. The number of carbonyl (C=O) groups excluding carboxylic acids is 2. The van der Waals surface area contributed by atoms with Crippen LogP contribution in [0.2, 0.25) is 0 Å². The molecule has 6 N–H and O–H groups in total. The fourth-order valence-corrected chi connectivity index (χ4v) is 10.1. The first-order chi connectivity index (χ1) is 40.7. The van der Waals surface area contributed by atoms with Crippen molar-refractivity contribution in [3.05, 3.63) is 97.2 Å². The summed E-state index contributed by atoms with van der Waals surface area (Å²) in [5.41, 5.74) is 0. The number of allylic oxidation sites excluding steroid dienone is 15. The topological polar surface area (TPSA) is 175 Å². The van der Waals surface area contributed by atoms with Gasteiger partial charge < -0.3 is 45.1 Å². The van der Waals surface area contributed by atoms with E-state index in [0.29, 0.717) is 12.8 Å².